The van der Waals surface area contributed by atoms with E-state index in [-0.39, 0.29) is 32.2 Å². The monoisotopic (exact) mass is 823 g/mol. The minimum Gasteiger partial charge on any atom is -0.414 e. The standard InChI is InChI=1S/C44H90O4Si5/c1-23-39(41(11,24-2)53(22,37-36-38-34-32-31-33-35-38)48-44(28-6,29-7)49(13,14)15)45-52(21,30-8)40(9,10)43(26-4,27-5)47-51(19,20)42(12,25-3)46-50(16,17)18/h30-35,39H,8,23-29,36-37H2,1-7,9-22H3. The van der Waals surface area contributed by atoms with Crippen molar-refractivity contribution in [1.29, 1.82) is 0 Å². The number of aryl methyl sites for hydroxylation is 1. The fourth-order valence-corrected chi connectivity index (χ4v) is 27.6. The number of benzene rings is 1. The fourth-order valence-electron chi connectivity index (χ4n) is 9.62. The molecule has 0 saturated heterocycles. The van der Waals surface area contributed by atoms with Crippen molar-refractivity contribution in [1.82, 2.24) is 0 Å². The zero-order valence-electron chi connectivity index (χ0n) is 39.2. The van der Waals surface area contributed by atoms with Crippen LogP contribution < -0.4 is 0 Å². The van der Waals surface area contributed by atoms with Crippen LogP contribution in [0.25, 0.3) is 0 Å². The van der Waals surface area contributed by atoms with Crippen LogP contribution in [0.3, 0.4) is 0 Å². The van der Waals surface area contributed by atoms with E-state index in [1.54, 1.807) is 0 Å². The number of hydrogen-bond donors (Lipinski definition) is 0. The van der Waals surface area contributed by atoms with Crippen LogP contribution in [0.1, 0.15) is 127 Å². The van der Waals surface area contributed by atoms with Crippen LogP contribution >= 0.6 is 0 Å². The van der Waals surface area contributed by atoms with Gasteiger partial charge in [0.25, 0.3) is 0 Å². The molecule has 0 aliphatic rings. The van der Waals surface area contributed by atoms with Crippen LogP contribution in [0.15, 0.2) is 42.6 Å². The summed E-state index contributed by atoms with van der Waals surface area (Å²) in [5.41, 5.74) is 3.26. The Bertz CT molecular complexity index is 1270. The molecular weight excluding hydrogens is 733 g/mol. The van der Waals surface area contributed by atoms with Crippen LogP contribution in [0.4, 0.5) is 0 Å². The Morgan fingerprint density at radius 3 is 1.53 bits per heavy atom. The maximum Gasteiger partial charge on any atom is 0.222 e. The van der Waals surface area contributed by atoms with E-state index in [2.05, 4.69) is 184 Å². The molecule has 5 unspecified atom stereocenters. The van der Waals surface area contributed by atoms with E-state index in [1.165, 1.54) is 5.56 Å². The Kier molecular flexibility index (Phi) is 17.9. The Hall–Kier alpha value is -0.116. The highest BCUT2D eigenvalue weighted by Gasteiger charge is 2.63. The first-order chi connectivity index (χ1) is 24.0. The second-order valence-electron chi connectivity index (χ2n) is 20.1. The summed E-state index contributed by atoms with van der Waals surface area (Å²) in [7, 11) is -11.2. The van der Waals surface area contributed by atoms with Crippen molar-refractivity contribution in [2.24, 2.45) is 0 Å². The molecular formula is C44H90O4Si5. The lowest BCUT2D eigenvalue weighted by molar-refractivity contribution is -0.0216. The van der Waals surface area contributed by atoms with Gasteiger partial charge in [0.05, 0.1) is 25.0 Å². The normalized spacial score (nSPS) is 19.1. The lowest BCUT2D eigenvalue weighted by Gasteiger charge is -2.60. The van der Waals surface area contributed by atoms with Crippen LogP contribution in [0.5, 0.6) is 0 Å². The molecule has 0 amide bonds. The van der Waals surface area contributed by atoms with Crippen LogP contribution in [-0.2, 0) is 24.1 Å². The molecule has 5 atom stereocenters. The Labute approximate surface area is 336 Å². The van der Waals surface area contributed by atoms with Crippen molar-refractivity contribution >= 4 is 41.3 Å². The summed E-state index contributed by atoms with van der Waals surface area (Å²) >= 11 is 0. The zero-order valence-corrected chi connectivity index (χ0v) is 44.2. The predicted molar refractivity (Wildman–Crippen MR) is 249 cm³/mol. The van der Waals surface area contributed by atoms with Crippen LogP contribution in [0.2, 0.25) is 81.6 Å². The summed E-state index contributed by atoms with van der Waals surface area (Å²) in [4.78, 5) is 0. The topological polar surface area (TPSA) is 36.9 Å². The average molecular weight is 824 g/mol. The molecule has 4 nitrogen and oxygen atoms in total. The summed E-state index contributed by atoms with van der Waals surface area (Å²) < 4.78 is 30.8. The Balaban J connectivity index is 3.98. The Morgan fingerprint density at radius 2 is 1.17 bits per heavy atom. The smallest absolute Gasteiger partial charge is 0.222 e. The zero-order chi connectivity index (χ0) is 41.6. The van der Waals surface area contributed by atoms with Gasteiger partial charge in [-0.05, 0) is 116 Å². The molecule has 310 valence electrons. The highest BCUT2D eigenvalue weighted by Crippen LogP contribution is 2.59. The van der Waals surface area contributed by atoms with Crippen molar-refractivity contribution < 1.29 is 17.7 Å². The van der Waals surface area contributed by atoms with Gasteiger partial charge in [0, 0.05) is 15.3 Å². The molecule has 0 aromatic heterocycles. The minimum atomic E-state index is -2.73. The molecule has 0 radical (unpaired) electrons. The van der Waals surface area contributed by atoms with Gasteiger partial charge in [0.1, 0.15) is 0 Å². The molecule has 0 saturated carbocycles. The molecule has 0 bridgehead atoms. The van der Waals surface area contributed by atoms with Gasteiger partial charge in [-0.1, -0.05) is 125 Å². The number of rotatable bonds is 25. The first-order valence-electron chi connectivity index (χ1n) is 21.5. The molecule has 0 N–H and O–H groups in total. The highest BCUT2D eigenvalue weighted by atomic mass is 28.4. The second-order valence-corrected chi connectivity index (χ2v) is 42.6. The van der Waals surface area contributed by atoms with Crippen LogP contribution in [0, 0.1) is 0 Å². The molecule has 0 fully saturated rings. The lowest BCUT2D eigenvalue weighted by Crippen LogP contribution is -2.68. The van der Waals surface area contributed by atoms with Crippen molar-refractivity contribution in [2.75, 3.05) is 0 Å². The van der Waals surface area contributed by atoms with Gasteiger partial charge in [0.15, 0.2) is 16.6 Å². The van der Waals surface area contributed by atoms with E-state index in [4.69, 9.17) is 17.7 Å². The third-order valence-electron chi connectivity index (χ3n) is 14.9. The molecule has 1 aromatic rings. The van der Waals surface area contributed by atoms with E-state index < -0.39 is 41.3 Å². The quantitative estimate of drug-likeness (QED) is 0.0921. The lowest BCUT2D eigenvalue weighted by atomic mass is 9.84. The van der Waals surface area contributed by atoms with Crippen molar-refractivity contribution in [3.8, 4) is 0 Å². The van der Waals surface area contributed by atoms with Gasteiger partial charge in [-0.25, -0.2) is 0 Å². The molecule has 53 heavy (non-hydrogen) atoms. The molecule has 0 aliphatic carbocycles. The summed E-state index contributed by atoms with van der Waals surface area (Å²) in [6.07, 6.45) is 7.92. The highest BCUT2D eigenvalue weighted by molar-refractivity contribution is 6.83. The largest absolute Gasteiger partial charge is 0.414 e. The van der Waals surface area contributed by atoms with Gasteiger partial charge in [-0.15, -0.1) is 6.58 Å². The third kappa shape index (κ3) is 10.5. The van der Waals surface area contributed by atoms with Crippen molar-refractivity contribution in [3.05, 3.63) is 48.2 Å². The summed E-state index contributed by atoms with van der Waals surface area (Å²) in [6.45, 7) is 55.1. The first kappa shape index (κ1) is 50.9. The van der Waals surface area contributed by atoms with Crippen LogP contribution in [-0.4, -0.2) is 63.5 Å². The maximum absolute atomic E-state index is 8.03. The predicted octanol–water partition coefficient (Wildman–Crippen LogP) is 14.6. The maximum atomic E-state index is 8.03. The first-order valence-corrected chi connectivity index (χ1v) is 36.4. The van der Waals surface area contributed by atoms with Gasteiger partial charge in [0.2, 0.25) is 16.6 Å². The molecule has 0 aliphatic heterocycles. The van der Waals surface area contributed by atoms with Gasteiger partial charge in [-0.2, -0.15) is 0 Å². The fraction of sp³-hybridized carbons (Fsp3) is 0.818. The second kappa shape index (κ2) is 18.6. The van der Waals surface area contributed by atoms with E-state index in [0.29, 0.717) is 0 Å². The summed E-state index contributed by atoms with van der Waals surface area (Å²) in [5.74, 6) is 0. The Morgan fingerprint density at radius 1 is 0.660 bits per heavy atom. The molecule has 1 aromatic carbocycles. The molecule has 0 spiro atoms. The van der Waals surface area contributed by atoms with Crippen molar-refractivity contribution in [3.63, 3.8) is 0 Å². The number of hydrogen-bond acceptors (Lipinski definition) is 4. The molecule has 0 heterocycles. The van der Waals surface area contributed by atoms with E-state index in [0.717, 1.165) is 57.4 Å². The molecule has 9 heteroatoms. The van der Waals surface area contributed by atoms with E-state index in [9.17, 15) is 0 Å². The van der Waals surface area contributed by atoms with Gasteiger partial charge in [-0.3, -0.25) is 0 Å². The minimum absolute atomic E-state index is 0.0368. The van der Waals surface area contributed by atoms with Gasteiger partial charge < -0.3 is 17.7 Å². The third-order valence-corrected chi connectivity index (χ3v) is 33.5. The summed E-state index contributed by atoms with van der Waals surface area (Å²) in [5, 5.41) is -0.761. The summed E-state index contributed by atoms with van der Waals surface area (Å²) in [6, 6.07) is 12.1. The van der Waals surface area contributed by atoms with Gasteiger partial charge >= 0.3 is 0 Å². The molecule has 1 rings (SSSR count). The van der Waals surface area contributed by atoms with E-state index >= 15 is 0 Å². The van der Waals surface area contributed by atoms with Crippen molar-refractivity contribution in [2.45, 2.75) is 231 Å². The SMILES string of the molecule is C=C[Si](C)(OC(CC)C(C)(CC)[Si](C)(CCc1ccccc1)OC(CC)(CC)[Si](C)(C)C)C(C)(C)C(CC)(CC)O[Si](C)(C)C(C)(CC)O[Si](C)(C)C. The van der Waals surface area contributed by atoms with E-state index in [1.807, 2.05) is 0 Å². The average Bonchev–Trinajstić information content (AvgIpc) is 3.09.